The van der Waals surface area contributed by atoms with E-state index in [1.54, 1.807) is 0 Å². The molecule has 0 aromatic heterocycles. The Kier molecular flexibility index (Phi) is 7.49. The molecule has 0 aliphatic carbocycles. The van der Waals surface area contributed by atoms with Crippen LogP contribution in [-0.2, 0) is 9.22 Å². The first-order valence-corrected chi connectivity index (χ1v) is 11.9. The van der Waals surface area contributed by atoms with Gasteiger partial charge in [0.05, 0.1) is 0 Å². The summed E-state index contributed by atoms with van der Waals surface area (Å²) in [4.78, 5) is 12.0. The van der Waals surface area contributed by atoms with Crippen molar-refractivity contribution in [2.24, 2.45) is 5.92 Å². The largest absolute Gasteiger partial charge is 0.417 e. The molecule has 0 unspecified atom stereocenters. The normalized spacial score (nSPS) is 13.7. The van der Waals surface area contributed by atoms with Gasteiger partial charge in [0.25, 0.3) is 0 Å². The molecule has 0 aliphatic rings. The van der Waals surface area contributed by atoms with Crippen molar-refractivity contribution in [3.05, 3.63) is 28.7 Å². The lowest BCUT2D eigenvalue weighted by Crippen LogP contribution is -2.41. The Bertz CT molecular complexity index is 509. The van der Waals surface area contributed by atoms with E-state index in [0.29, 0.717) is 12.3 Å². The summed E-state index contributed by atoms with van der Waals surface area (Å²) in [5, 5.41) is 3.16. The molecule has 0 heterocycles. The van der Waals surface area contributed by atoms with E-state index in [9.17, 15) is 4.79 Å². The van der Waals surface area contributed by atoms with E-state index in [2.05, 4.69) is 62.0 Å². The zero-order valence-corrected chi connectivity index (χ0v) is 17.8. The first-order chi connectivity index (χ1) is 10.5. The van der Waals surface area contributed by atoms with E-state index in [-0.39, 0.29) is 10.9 Å². The van der Waals surface area contributed by atoms with Crippen LogP contribution in [0.15, 0.2) is 28.7 Å². The van der Waals surface area contributed by atoms with Gasteiger partial charge in [0.15, 0.2) is 8.32 Å². The molecule has 1 rings (SSSR count). The summed E-state index contributed by atoms with van der Waals surface area (Å²) in [6, 6.07) is 7.63. The zero-order valence-electron chi connectivity index (χ0n) is 15.2. The lowest BCUT2D eigenvalue weighted by Gasteiger charge is -2.37. The van der Waals surface area contributed by atoms with Crippen LogP contribution in [0.3, 0.4) is 0 Å². The third-order valence-electron chi connectivity index (χ3n) is 4.53. The maximum Gasteiger partial charge on any atom is 0.224 e. The van der Waals surface area contributed by atoms with Gasteiger partial charge in [-0.2, -0.15) is 0 Å². The lowest BCUT2D eigenvalue weighted by atomic mass is 10.1. The van der Waals surface area contributed by atoms with E-state index >= 15 is 0 Å². The van der Waals surface area contributed by atoms with Gasteiger partial charge in [-0.15, -0.1) is 0 Å². The van der Waals surface area contributed by atoms with Crippen LogP contribution >= 0.6 is 15.9 Å². The average Bonchev–Trinajstić information content (AvgIpc) is 2.44. The fourth-order valence-electron chi connectivity index (χ4n) is 1.78. The maximum absolute atomic E-state index is 12.0. The van der Waals surface area contributed by atoms with Crippen molar-refractivity contribution < 1.29 is 9.22 Å². The van der Waals surface area contributed by atoms with Crippen molar-refractivity contribution in [2.45, 2.75) is 58.7 Å². The molecule has 3 nitrogen and oxygen atoms in total. The molecule has 0 fully saturated rings. The van der Waals surface area contributed by atoms with Gasteiger partial charge in [0.2, 0.25) is 5.91 Å². The Morgan fingerprint density at radius 1 is 1.26 bits per heavy atom. The molecule has 0 saturated heterocycles. The zero-order chi connectivity index (χ0) is 17.7. The molecule has 0 bridgehead atoms. The third-order valence-corrected chi connectivity index (χ3v) is 9.56. The van der Waals surface area contributed by atoms with Gasteiger partial charge in [-0.3, -0.25) is 4.79 Å². The number of amides is 1. The van der Waals surface area contributed by atoms with Gasteiger partial charge >= 0.3 is 0 Å². The predicted octanol–water partition coefficient (Wildman–Crippen LogP) is 5.83. The molecular formula is C18H30BrNO2Si. The molecule has 1 aromatic rings. The van der Waals surface area contributed by atoms with Crippen LogP contribution in [0.5, 0.6) is 0 Å². The third kappa shape index (κ3) is 7.19. The first kappa shape index (κ1) is 20.4. The summed E-state index contributed by atoms with van der Waals surface area (Å²) in [5.41, 5.74) is 0.836. The molecule has 0 saturated carbocycles. The molecule has 0 spiro atoms. The highest BCUT2D eigenvalue weighted by atomic mass is 79.9. The minimum Gasteiger partial charge on any atom is -0.417 e. The smallest absolute Gasteiger partial charge is 0.224 e. The summed E-state index contributed by atoms with van der Waals surface area (Å²) in [6.45, 7) is 14.2. The van der Waals surface area contributed by atoms with E-state index in [1.165, 1.54) is 0 Å². The van der Waals surface area contributed by atoms with E-state index < -0.39 is 8.32 Å². The Balaban J connectivity index is 2.34. The molecule has 0 aliphatic heterocycles. The second-order valence-corrected chi connectivity index (χ2v) is 13.5. The number of anilines is 1. The second kappa shape index (κ2) is 8.45. The number of hydrogen-bond acceptors (Lipinski definition) is 2. The van der Waals surface area contributed by atoms with Gasteiger partial charge < -0.3 is 9.74 Å². The number of halogens is 1. The van der Waals surface area contributed by atoms with Crippen molar-refractivity contribution in [3.63, 3.8) is 0 Å². The fourth-order valence-corrected chi connectivity index (χ4v) is 3.18. The van der Waals surface area contributed by atoms with Crippen molar-refractivity contribution in [1.82, 2.24) is 0 Å². The summed E-state index contributed by atoms with van der Waals surface area (Å²) >= 11 is 3.39. The molecular weight excluding hydrogens is 370 g/mol. The Morgan fingerprint density at radius 2 is 1.83 bits per heavy atom. The van der Waals surface area contributed by atoms with Gasteiger partial charge in [0.1, 0.15) is 0 Å². The summed E-state index contributed by atoms with van der Waals surface area (Å²) in [7, 11) is -1.70. The van der Waals surface area contributed by atoms with Crippen LogP contribution in [0.4, 0.5) is 5.69 Å². The van der Waals surface area contributed by atoms with E-state index in [1.807, 2.05) is 24.3 Å². The van der Waals surface area contributed by atoms with Gasteiger partial charge in [0, 0.05) is 23.2 Å². The van der Waals surface area contributed by atoms with Crippen molar-refractivity contribution in [2.75, 3.05) is 11.9 Å². The molecule has 1 N–H and O–H groups in total. The Morgan fingerprint density at radius 3 is 2.35 bits per heavy atom. The quantitative estimate of drug-likeness (QED) is 0.585. The summed E-state index contributed by atoms with van der Waals surface area (Å²) in [5.74, 6) is 0.450. The molecule has 1 atom stereocenters. The van der Waals surface area contributed by atoms with Crippen LogP contribution in [0.25, 0.3) is 0 Å². The molecule has 130 valence electrons. The van der Waals surface area contributed by atoms with E-state index in [4.69, 9.17) is 4.43 Å². The summed E-state index contributed by atoms with van der Waals surface area (Å²) < 4.78 is 7.23. The average molecular weight is 400 g/mol. The number of rotatable bonds is 7. The minimum atomic E-state index is -1.70. The topological polar surface area (TPSA) is 38.3 Å². The standard InChI is InChI=1S/C18H30BrNO2Si/c1-14(13-22-23(5,6)18(2,3)4)7-12-17(21)20-16-10-8-15(19)9-11-16/h8-11,14H,7,12-13H2,1-6H3,(H,20,21)/t14-/m0/s1. The highest BCUT2D eigenvalue weighted by Crippen LogP contribution is 2.36. The van der Waals surface area contributed by atoms with Crippen LogP contribution in [0.1, 0.15) is 40.5 Å². The van der Waals surface area contributed by atoms with Crippen LogP contribution in [0, 0.1) is 5.92 Å². The summed E-state index contributed by atoms with van der Waals surface area (Å²) in [6.07, 6.45) is 1.37. The highest BCUT2D eigenvalue weighted by Gasteiger charge is 2.37. The van der Waals surface area contributed by atoms with Crippen molar-refractivity contribution in [3.8, 4) is 0 Å². The predicted molar refractivity (Wildman–Crippen MR) is 104 cm³/mol. The lowest BCUT2D eigenvalue weighted by molar-refractivity contribution is -0.116. The first-order valence-electron chi connectivity index (χ1n) is 8.20. The number of hydrogen-bond donors (Lipinski definition) is 1. The van der Waals surface area contributed by atoms with Crippen LogP contribution in [-0.4, -0.2) is 20.8 Å². The van der Waals surface area contributed by atoms with E-state index in [0.717, 1.165) is 23.2 Å². The molecule has 1 aromatic carbocycles. The van der Waals surface area contributed by atoms with Crippen molar-refractivity contribution in [1.29, 1.82) is 0 Å². The van der Waals surface area contributed by atoms with Crippen LogP contribution in [0.2, 0.25) is 18.1 Å². The second-order valence-electron chi connectivity index (χ2n) is 7.77. The number of benzene rings is 1. The number of carbonyl (C=O) groups is 1. The van der Waals surface area contributed by atoms with Crippen molar-refractivity contribution >= 4 is 35.8 Å². The monoisotopic (exact) mass is 399 g/mol. The van der Waals surface area contributed by atoms with Gasteiger partial charge in [-0.25, -0.2) is 0 Å². The SMILES string of the molecule is C[C@@H](CCC(=O)Nc1ccc(Br)cc1)CO[Si](C)(C)C(C)(C)C. The highest BCUT2D eigenvalue weighted by molar-refractivity contribution is 9.10. The number of carbonyl (C=O) groups excluding carboxylic acids is 1. The maximum atomic E-state index is 12.0. The Hall–Kier alpha value is -0.653. The molecule has 1 amide bonds. The number of nitrogens with one attached hydrogen (secondary N) is 1. The molecule has 0 radical (unpaired) electrons. The minimum absolute atomic E-state index is 0.0616. The van der Waals surface area contributed by atoms with Gasteiger partial charge in [-0.05, 0) is 54.7 Å². The molecule has 23 heavy (non-hydrogen) atoms. The Labute approximate surface area is 150 Å². The van der Waals surface area contributed by atoms with Gasteiger partial charge in [-0.1, -0.05) is 43.6 Å². The van der Waals surface area contributed by atoms with Crippen LogP contribution < -0.4 is 5.32 Å². The fraction of sp³-hybridized carbons (Fsp3) is 0.611. The molecule has 5 heteroatoms.